The number of carbonyl (C=O) groups is 2. The Morgan fingerprint density at radius 1 is 1.30 bits per heavy atom. The minimum atomic E-state index is -0.472. The van der Waals surface area contributed by atoms with Gasteiger partial charge in [0.25, 0.3) is 0 Å². The van der Waals surface area contributed by atoms with Crippen molar-refractivity contribution in [2.24, 2.45) is 5.92 Å². The third kappa shape index (κ3) is 5.65. The van der Waals surface area contributed by atoms with Gasteiger partial charge < -0.3 is 16.4 Å². The summed E-state index contributed by atoms with van der Waals surface area (Å²) in [4.78, 5) is 32.6. The van der Waals surface area contributed by atoms with Crippen LogP contribution < -0.4 is 16.4 Å². The molecule has 4 N–H and O–H groups in total. The Labute approximate surface area is 165 Å². The standard InChI is InChI=1S/C19H31N5O2S/c1-24-9-5-8-16(24)18(26)23-15(10-13-6-3-2-4-7-13)17(25)21-11-14-12-22-19(20)27-14/h12-13,15-16H,2-11H2,1H3,(H2,20,22)(H,21,25)(H,23,26)/t15-,16+/m0/s1. The highest BCUT2D eigenvalue weighted by Gasteiger charge is 2.32. The predicted octanol–water partition coefficient (Wildman–Crippen LogP) is 1.89. The highest BCUT2D eigenvalue weighted by Crippen LogP contribution is 2.27. The van der Waals surface area contributed by atoms with Crippen LogP contribution in [0.3, 0.4) is 0 Å². The zero-order valence-electron chi connectivity index (χ0n) is 16.1. The van der Waals surface area contributed by atoms with E-state index < -0.39 is 6.04 Å². The number of anilines is 1. The SMILES string of the molecule is CN1CCC[C@@H]1C(=O)N[C@@H](CC1CCCCC1)C(=O)NCc1cnc(N)s1. The Morgan fingerprint density at radius 2 is 2.07 bits per heavy atom. The summed E-state index contributed by atoms with van der Waals surface area (Å²) in [6.07, 6.45) is 10.3. The summed E-state index contributed by atoms with van der Waals surface area (Å²) in [6.45, 7) is 1.33. The maximum atomic E-state index is 12.8. The number of nitrogen functional groups attached to an aromatic ring is 1. The topological polar surface area (TPSA) is 100 Å². The van der Waals surface area contributed by atoms with Crippen molar-refractivity contribution in [3.8, 4) is 0 Å². The largest absolute Gasteiger partial charge is 0.375 e. The first-order valence-corrected chi connectivity index (χ1v) is 10.8. The number of hydrogen-bond acceptors (Lipinski definition) is 6. The van der Waals surface area contributed by atoms with Gasteiger partial charge in [-0.2, -0.15) is 0 Å². The van der Waals surface area contributed by atoms with Gasteiger partial charge in [0, 0.05) is 11.1 Å². The van der Waals surface area contributed by atoms with Gasteiger partial charge in [0.15, 0.2) is 5.13 Å². The minimum absolute atomic E-state index is 0.0204. The molecule has 0 bridgehead atoms. The lowest BCUT2D eigenvalue weighted by Crippen LogP contribution is -2.52. The first-order valence-electron chi connectivity index (χ1n) is 10.0. The number of amides is 2. The average Bonchev–Trinajstić information content (AvgIpc) is 3.28. The highest BCUT2D eigenvalue weighted by atomic mass is 32.1. The number of nitrogens with zero attached hydrogens (tertiary/aromatic N) is 2. The van der Waals surface area contributed by atoms with Gasteiger partial charge in [0.1, 0.15) is 6.04 Å². The molecule has 1 aromatic rings. The van der Waals surface area contributed by atoms with E-state index in [1.807, 2.05) is 7.05 Å². The van der Waals surface area contributed by atoms with Crippen LogP contribution in [0.2, 0.25) is 0 Å². The maximum Gasteiger partial charge on any atom is 0.242 e. The van der Waals surface area contributed by atoms with Crippen molar-refractivity contribution in [3.63, 3.8) is 0 Å². The Hall–Kier alpha value is -1.67. The molecular formula is C19H31N5O2S. The number of likely N-dealkylation sites (tertiary alicyclic amines) is 1. The van der Waals surface area contributed by atoms with Crippen molar-refractivity contribution in [1.82, 2.24) is 20.5 Å². The summed E-state index contributed by atoms with van der Waals surface area (Å²) in [5.41, 5.74) is 5.65. The van der Waals surface area contributed by atoms with Gasteiger partial charge in [-0.3, -0.25) is 14.5 Å². The van der Waals surface area contributed by atoms with Gasteiger partial charge in [0.2, 0.25) is 11.8 Å². The van der Waals surface area contributed by atoms with Gasteiger partial charge in [-0.1, -0.05) is 32.1 Å². The Morgan fingerprint density at radius 3 is 2.70 bits per heavy atom. The number of nitrogens with one attached hydrogen (secondary N) is 2. The summed E-state index contributed by atoms with van der Waals surface area (Å²) < 4.78 is 0. The molecule has 1 saturated heterocycles. The van der Waals surface area contributed by atoms with E-state index in [4.69, 9.17) is 5.73 Å². The van der Waals surface area contributed by atoms with Crippen molar-refractivity contribution < 1.29 is 9.59 Å². The van der Waals surface area contributed by atoms with Gasteiger partial charge in [0.05, 0.1) is 12.6 Å². The van der Waals surface area contributed by atoms with E-state index in [2.05, 4.69) is 20.5 Å². The molecule has 2 fully saturated rings. The molecule has 0 radical (unpaired) electrons. The normalized spacial score (nSPS) is 22.5. The molecule has 8 heteroatoms. The Balaban J connectivity index is 1.60. The first-order chi connectivity index (χ1) is 13.0. The molecule has 3 rings (SSSR count). The fourth-order valence-electron chi connectivity index (χ4n) is 4.20. The third-order valence-electron chi connectivity index (χ3n) is 5.76. The molecule has 2 amide bonds. The van der Waals surface area contributed by atoms with Crippen LogP contribution in [0, 0.1) is 5.92 Å². The van der Waals surface area contributed by atoms with E-state index in [1.165, 1.54) is 30.6 Å². The van der Waals surface area contributed by atoms with E-state index in [1.54, 1.807) is 6.20 Å². The first kappa shape index (κ1) is 20.1. The number of thiazole rings is 1. The van der Waals surface area contributed by atoms with Crippen molar-refractivity contribution in [1.29, 1.82) is 0 Å². The van der Waals surface area contributed by atoms with Gasteiger partial charge in [-0.15, -0.1) is 11.3 Å². The summed E-state index contributed by atoms with van der Waals surface area (Å²) in [5, 5.41) is 6.50. The van der Waals surface area contributed by atoms with Crippen molar-refractivity contribution >= 4 is 28.3 Å². The summed E-state index contributed by atoms with van der Waals surface area (Å²) in [6, 6.07) is -0.590. The van der Waals surface area contributed by atoms with Gasteiger partial charge in [-0.05, 0) is 38.8 Å². The lowest BCUT2D eigenvalue weighted by molar-refractivity contribution is -0.131. The second-order valence-corrected chi connectivity index (χ2v) is 8.97. The smallest absolute Gasteiger partial charge is 0.242 e. The quantitative estimate of drug-likeness (QED) is 0.657. The lowest BCUT2D eigenvalue weighted by Gasteiger charge is -2.28. The fourth-order valence-corrected chi connectivity index (χ4v) is 4.82. The molecule has 1 aromatic heterocycles. The van der Waals surface area contributed by atoms with E-state index >= 15 is 0 Å². The average molecular weight is 394 g/mol. The molecular weight excluding hydrogens is 362 g/mol. The number of aromatic nitrogens is 1. The number of carbonyl (C=O) groups excluding carboxylic acids is 2. The van der Waals surface area contributed by atoms with Crippen LogP contribution in [0.4, 0.5) is 5.13 Å². The number of rotatable bonds is 7. The lowest BCUT2D eigenvalue weighted by atomic mass is 9.84. The Kier molecular flexibility index (Phi) is 7.07. The zero-order chi connectivity index (χ0) is 19.2. The van der Waals surface area contributed by atoms with E-state index in [9.17, 15) is 9.59 Å². The molecule has 1 saturated carbocycles. The van der Waals surface area contributed by atoms with Crippen LogP contribution in [-0.4, -0.2) is 47.4 Å². The molecule has 0 spiro atoms. The maximum absolute atomic E-state index is 12.8. The molecule has 27 heavy (non-hydrogen) atoms. The minimum Gasteiger partial charge on any atom is -0.375 e. The van der Waals surface area contributed by atoms with Crippen molar-refractivity contribution in [2.45, 2.75) is 70.0 Å². The number of hydrogen-bond donors (Lipinski definition) is 3. The molecule has 2 atom stereocenters. The van der Waals surface area contributed by atoms with Crippen LogP contribution in [-0.2, 0) is 16.1 Å². The Bertz CT molecular complexity index is 644. The van der Waals surface area contributed by atoms with Crippen LogP contribution in [0.1, 0.15) is 56.2 Å². The molecule has 1 aliphatic carbocycles. The van der Waals surface area contributed by atoms with Crippen LogP contribution in [0.15, 0.2) is 6.20 Å². The van der Waals surface area contributed by atoms with E-state index in [0.717, 1.165) is 43.5 Å². The van der Waals surface area contributed by atoms with Crippen LogP contribution in [0.5, 0.6) is 0 Å². The summed E-state index contributed by atoms with van der Waals surface area (Å²) in [7, 11) is 1.97. The molecule has 0 aromatic carbocycles. The second-order valence-electron chi connectivity index (χ2n) is 7.82. The molecule has 0 unspecified atom stereocenters. The molecule has 7 nitrogen and oxygen atoms in total. The fraction of sp³-hybridized carbons (Fsp3) is 0.737. The zero-order valence-corrected chi connectivity index (χ0v) is 16.9. The number of likely N-dealkylation sites (N-methyl/N-ethyl adjacent to an activating group) is 1. The van der Waals surface area contributed by atoms with Gasteiger partial charge >= 0.3 is 0 Å². The van der Waals surface area contributed by atoms with Crippen LogP contribution >= 0.6 is 11.3 Å². The van der Waals surface area contributed by atoms with Crippen molar-refractivity contribution in [3.05, 3.63) is 11.1 Å². The monoisotopic (exact) mass is 393 g/mol. The molecule has 150 valence electrons. The molecule has 2 heterocycles. The summed E-state index contributed by atoms with van der Waals surface area (Å²) in [5.74, 6) is 0.379. The predicted molar refractivity (Wildman–Crippen MR) is 107 cm³/mol. The summed E-state index contributed by atoms with van der Waals surface area (Å²) >= 11 is 1.37. The highest BCUT2D eigenvalue weighted by molar-refractivity contribution is 7.15. The third-order valence-corrected chi connectivity index (χ3v) is 6.58. The van der Waals surface area contributed by atoms with E-state index in [-0.39, 0.29) is 17.9 Å². The van der Waals surface area contributed by atoms with Crippen molar-refractivity contribution in [2.75, 3.05) is 19.3 Å². The van der Waals surface area contributed by atoms with Gasteiger partial charge in [-0.25, -0.2) is 4.98 Å². The second kappa shape index (κ2) is 9.50. The number of nitrogens with two attached hydrogens (primary N) is 1. The van der Waals surface area contributed by atoms with Crippen LogP contribution in [0.25, 0.3) is 0 Å². The van der Waals surface area contributed by atoms with E-state index in [0.29, 0.717) is 17.6 Å². The molecule has 1 aliphatic heterocycles. The molecule has 2 aliphatic rings.